The molecular weight excluding hydrogens is 476 g/mol. The summed E-state index contributed by atoms with van der Waals surface area (Å²) in [5.41, 5.74) is 4.09. The van der Waals surface area contributed by atoms with Gasteiger partial charge in [-0.1, -0.05) is 66.2 Å². The average molecular weight is 505 g/mol. The second-order valence-corrected chi connectivity index (χ2v) is 9.98. The minimum absolute atomic E-state index is 0.146. The number of amides is 1. The first-order valence-corrected chi connectivity index (χ1v) is 12.7. The Morgan fingerprint density at radius 3 is 2.28 bits per heavy atom. The van der Waals surface area contributed by atoms with Gasteiger partial charge in [-0.2, -0.15) is 0 Å². The minimum atomic E-state index is -0.740. The third-order valence-corrected chi connectivity index (χ3v) is 7.64. The highest BCUT2D eigenvalue weighted by atomic mass is 35.5. The van der Waals surface area contributed by atoms with Crippen LogP contribution in [0.25, 0.3) is 11.1 Å². The molecular formula is C29H29ClN2O4. The third-order valence-electron chi connectivity index (χ3n) is 7.29. The number of nitrogens with zero attached hydrogens (tertiary/aromatic N) is 1. The highest BCUT2D eigenvalue weighted by Crippen LogP contribution is 2.48. The van der Waals surface area contributed by atoms with Crippen molar-refractivity contribution in [1.82, 2.24) is 5.32 Å². The number of aliphatic carboxylic acids is 1. The summed E-state index contributed by atoms with van der Waals surface area (Å²) in [7, 11) is 0. The molecule has 0 spiro atoms. The molecule has 0 bridgehead atoms. The Bertz CT molecular complexity index is 1260. The number of rotatable bonds is 7. The molecule has 1 aliphatic carbocycles. The van der Waals surface area contributed by atoms with Crippen molar-refractivity contribution in [3.8, 4) is 11.1 Å². The first-order valence-electron chi connectivity index (χ1n) is 12.3. The Morgan fingerprint density at radius 2 is 1.67 bits per heavy atom. The van der Waals surface area contributed by atoms with Crippen molar-refractivity contribution >= 4 is 29.4 Å². The van der Waals surface area contributed by atoms with Crippen LogP contribution in [-0.4, -0.2) is 29.9 Å². The standard InChI is InChI=1S/C29H29ClN2O4/c1-19(24-5-2-3-6-25(24)30)36-28(35)31-26-7-4-18-32(26)23-14-10-21(11-15-23)20-8-12-22(13-9-20)29(16-17-29)27(33)34/h2-3,5-6,8-15,19,26H,4,7,16-18H2,1H3,(H,31,35)(H,33,34). The summed E-state index contributed by atoms with van der Waals surface area (Å²) in [6.45, 7) is 2.65. The van der Waals surface area contributed by atoms with Gasteiger partial charge in [0.05, 0.1) is 5.41 Å². The minimum Gasteiger partial charge on any atom is -0.481 e. The largest absolute Gasteiger partial charge is 0.481 e. The molecule has 1 amide bonds. The second kappa shape index (κ2) is 9.86. The fourth-order valence-corrected chi connectivity index (χ4v) is 5.29. The van der Waals surface area contributed by atoms with Crippen LogP contribution in [0.4, 0.5) is 10.5 Å². The molecule has 2 atom stereocenters. The summed E-state index contributed by atoms with van der Waals surface area (Å²) in [5, 5.41) is 13.1. The number of hydrogen-bond acceptors (Lipinski definition) is 4. The molecule has 0 radical (unpaired) electrons. The van der Waals surface area contributed by atoms with E-state index in [9.17, 15) is 14.7 Å². The van der Waals surface area contributed by atoms with Crippen molar-refractivity contribution in [2.45, 2.75) is 50.3 Å². The Balaban J connectivity index is 1.22. The number of hydrogen-bond donors (Lipinski definition) is 2. The van der Waals surface area contributed by atoms with Gasteiger partial charge < -0.3 is 20.1 Å². The molecule has 1 saturated carbocycles. The number of carboxylic acids is 1. The van der Waals surface area contributed by atoms with Crippen LogP contribution in [-0.2, 0) is 14.9 Å². The van der Waals surface area contributed by atoms with Gasteiger partial charge in [0.1, 0.15) is 12.3 Å². The Hall–Kier alpha value is -3.51. The second-order valence-electron chi connectivity index (χ2n) is 9.58. The highest BCUT2D eigenvalue weighted by Gasteiger charge is 2.51. The van der Waals surface area contributed by atoms with Crippen LogP contribution in [0.2, 0.25) is 5.02 Å². The van der Waals surface area contributed by atoms with Gasteiger partial charge in [0.15, 0.2) is 0 Å². The van der Waals surface area contributed by atoms with Gasteiger partial charge in [0.2, 0.25) is 0 Å². The van der Waals surface area contributed by atoms with Gasteiger partial charge in [-0.15, -0.1) is 0 Å². The van der Waals surface area contributed by atoms with Crippen molar-refractivity contribution in [2.75, 3.05) is 11.4 Å². The van der Waals surface area contributed by atoms with Crippen LogP contribution in [0, 0.1) is 0 Å². The van der Waals surface area contributed by atoms with E-state index in [1.54, 1.807) is 6.07 Å². The van der Waals surface area contributed by atoms with E-state index in [0.717, 1.165) is 47.3 Å². The smallest absolute Gasteiger partial charge is 0.409 e. The maximum atomic E-state index is 12.6. The van der Waals surface area contributed by atoms with E-state index in [4.69, 9.17) is 16.3 Å². The van der Waals surface area contributed by atoms with Crippen LogP contribution >= 0.6 is 11.6 Å². The quantitative estimate of drug-likeness (QED) is 0.382. The summed E-state index contributed by atoms with van der Waals surface area (Å²) in [5.74, 6) is -0.740. The number of alkyl carbamates (subject to hydrolysis) is 1. The maximum absolute atomic E-state index is 12.6. The first-order chi connectivity index (χ1) is 17.4. The maximum Gasteiger partial charge on any atom is 0.409 e. The van der Waals surface area contributed by atoms with Crippen LogP contribution in [0.1, 0.15) is 49.8 Å². The zero-order valence-electron chi connectivity index (χ0n) is 20.1. The SMILES string of the molecule is CC(OC(=O)NC1CCCN1c1ccc(-c2ccc(C3(C(=O)O)CC3)cc2)cc1)c1ccccc1Cl. The molecule has 3 aromatic carbocycles. The number of anilines is 1. The van der Waals surface area contributed by atoms with Crippen LogP contribution in [0.15, 0.2) is 72.8 Å². The number of halogens is 1. The lowest BCUT2D eigenvalue weighted by atomic mass is 9.94. The normalized spacial score (nSPS) is 18.9. The van der Waals surface area contributed by atoms with E-state index in [1.165, 1.54) is 0 Å². The summed E-state index contributed by atoms with van der Waals surface area (Å²) >= 11 is 6.23. The van der Waals surface area contributed by atoms with Crippen molar-refractivity contribution < 1.29 is 19.4 Å². The summed E-state index contributed by atoms with van der Waals surface area (Å²) < 4.78 is 5.60. The molecule has 186 valence electrons. The molecule has 2 unspecified atom stereocenters. The Morgan fingerprint density at radius 1 is 1.03 bits per heavy atom. The molecule has 7 heteroatoms. The lowest BCUT2D eigenvalue weighted by Gasteiger charge is -2.28. The van der Waals surface area contributed by atoms with Gasteiger partial charge in [0, 0.05) is 22.8 Å². The van der Waals surface area contributed by atoms with E-state index >= 15 is 0 Å². The predicted molar refractivity (Wildman–Crippen MR) is 140 cm³/mol. The Kier molecular flexibility index (Phi) is 6.63. The van der Waals surface area contributed by atoms with Crippen LogP contribution in [0.3, 0.4) is 0 Å². The lowest BCUT2D eigenvalue weighted by Crippen LogP contribution is -2.44. The van der Waals surface area contributed by atoms with Gasteiger partial charge in [-0.3, -0.25) is 4.79 Å². The van der Waals surface area contributed by atoms with Gasteiger partial charge in [-0.05, 0) is 67.5 Å². The number of carbonyl (C=O) groups excluding carboxylic acids is 1. The molecule has 1 aliphatic heterocycles. The van der Waals surface area contributed by atoms with Gasteiger partial charge in [0.25, 0.3) is 0 Å². The average Bonchev–Trinajstić information content (AvgIpc) is 3.58. The molecule has 36 heavy (non-hydrogen) atoms. The molecule has 2 aliphatic rings. The Labute approximate surface area is 215 Å². The molecule has 3 aromatic rings. The molecule has 2 N–H and O–H groups in total. The fourth-order valence-electron chi connectivity index (χ4n) is 5.00. The van der Waals surface area contributed by atoms with Crippen molar-refractivity contribution in [3.63, 3.8) is 0 Å². The van der Waals surface area contributed by atoms with Crippen LogP contribution < -0.4 is 10.2 Å². The van der Waals surface area contributed by atoms with Crippen molar-refractivity contribution in [2.24, 2.45) is 0 Å². The zero-order chi connectivity index (χ0) is 25.3. The molecule has 1 saturated heterocycles. The van der Waals surface area contributed by atoms with Crippen LogP contribution in [0.5, 0.6) is 0 Å². The first kappa shape index (κ1) is 24.2. The fraction of sp³-hybridized carbons (Fsp3) is 0.310. The monoisotopic (exact) mass is 504 g/mol. The molecule has 0 aromatic heterocycles. The zero-order valence-corrected chi connectivity index (χ0v) is 20.9. The molecule has 1 heterocycles. The van der Waals surface area contributed by atoms with E-state index in [2.05, 4.69) is 34.5 Å². The van der Waals surface area contributed by atoms with Gasteiger partial charge >= 0.3 is 12.1 Å². The third kappa shape index (κ3) is 4.78. The number of carboxylic acid groups (broad SMARTS) is 1. The van der Waals surface area contributed by atoms with E-state index in [0.29, 0.717) is 17.9 Å². The number of ether oxygens (including phenoxy) is 1. The predicted octanol–water partition coefficient (Wildman–Crippen LogP) is 6.54. The van der Waals surface area contributed by atoms with E-state index in [1.807, 2.05) is 49.4 Å². The molecule has 6 nitrogen and oxygen atoms in total. The number of nitrogens with one attached hydrogen (secondary N) is 1. The lowest BCUT2D eigenvalue weighted by molar-refractivity contribution is -0.140. The topological polar surface area (TPSA) is 78.9 Å². The van der Waals surface area contributed by atoms with Crippen molar-refractivity contribution in [3.05, 3.63) is 88.9 Å². The molecule has 2 fully saturated rings. The van der Waals surface area contributed by atoms with Crippen molar-refractivity contribution in [1.29, 1.82) is 0 Å². The van der Waals surface area contributed by atoms with E-state index in [-0.39, 0.29) is 6.17 Å². The number of benzene rings is 3. The van der Waals surface area contributed by atoms with Gasteiger partial charge in [-0.25, -0.2) is 4.79 Å². The molecule has 5 rings (SSSR count). The number of carbonyl (C=O) groups is 2. The summed E-state index contributed by atoms with van der Waals surface area (Å²) in [4.78, 5) is 26.4. The summed E-state index contributed by atoms with van der Waals surface area (Å²) in [6.07, 6.45) is 2.15. The highest BCUT2D eigenvalue weighted by molar-refractivity contribution is 6.31. The van der Waals surface area contributed by atoms with E-state index < -0.39 is 23.6 Å². The summed E-state index contributed by atoms with van der Waals surface area (Å²) in [6, 6.07) is 23.4.